The van der Waals surface area contributed by atoms with Crippen molar-refractivity contribution in [2.75, 3.05) is 0 Å². The van der Waals surface area contributed by atoms with Gasteiger partial charge in [-0.1, -0.05) is 0 Å². The first-order chi connectivity index (χ1) is 58.0. The SMILES string of the molecule is CC(F)c1c(F)cc(C(C#N)=C2/C(=C(/C#N)c3cc(F)c(C(F)(F)F)c(F)c3)C(=C(C#N)c3cc(F)c(C(F)(F)F)c(F)c3)/C2=C(/C#N)c2cc(F)c(C(F)(F)F)c(F)c2)cc1F.F.N#CC(=C1C(=C(C#N)c2cc(C#N)c(F)c(C#N)c2)C(=C(C#N)c2cc(C#N)c(F)c(C#N)c2)C1=C(C#N)c1cc(C#N)c(F)c(C#N)c1)c1cc(C#N)c(F)c(C#N)c1. The molecule has 0 N–H and O–H groups in total. The largest absolute Gasteiger partial charge is 0.422 e. The summed E-state index contributed by atoms with van der Waals surface area (Å²) in [5.74, 6) is -23.5. The van der Waals surface area contributed by atoms with E-state index in [1.807, 2.05) is 24.3 Å². The first-order valence-corrected chi connectivity index (χ1v) is 32.6. The van der Waals surface area contributed by atoms with Crippen molar-refractivity contribution in [2.24, 2.45) is 0 Å². The second kappa shape index (κ2) is 35.4. The van der Waals surface area contributed by atoms with Crippen molar-refractivity contribution >= 4 is 44.6 Å². The number of hydrogen-bond acceptors (Lipinski definition) is 16. The topological polar surface area (TPSA) is 381 Å². The van der Waals surface area contributed by atoms with Crippen LogP contribution in [-0.4, -0.2) is 0 Å². The molecule has 0 radical (unpaired) electrons. The van der Waals surface area contributed by atoms with E-state index in [0.717, 1.165) is 48.5 Å². The number of allylic oxidation sites excluding steroid dienone is 16. The highest BCUT2D eigenvalue weighted by atomic mass is 19.4. The van der Waals surface area contributed by atoms with Crippen LogP contribution in [0, 0.1) is 251 Å². The molecule has 16 nitrogen and oxygen atoms in total. The van der Waals surface area contributed by atoms with Crippen LogP contribution >= 0.6 is 0 Å². The monoisotopic (exact) mass is 1700 g/mol. The fraction of sp³-hybridized carbons (Fsp3) is 0.0588. The van der Waals surface area contributed by atoms with Crippen LogP contribution in [0.1, 0.15) is 124 Å². The Hall–Kier alpha value is -18.1. The van der Waals surface area contributed by atoms with Crippen LogP contribution in [-0.2, 0) is 18.5 Å². The van der Waals surface area contributed by atoms with E-state index in [0.29, 0.717) is 6.92 Å². The predicted octanol–water partition coefficient (Wildman–Crippen LogP) is 20.7. The summed E-state index contributed by atoms with van der Waals surface area (Å²) in [6, 6.07) is 30.6. The van der Waals surface area contributed by atoms with Gasteiger partial charge in [0.15, 0.2) is 23.3 Å². The van der Waals surface area contributed by atoms with Crippen molar-refractivity contribution in [1.29, 1.82) is 84.2 Å². The summed E-state index contributed by atoms with van der Waals surface area (Å²) >= 11 is 0. The summed E-state index contributed by atoms with van der Waals surface area (Å²) in [5.41, 5.74) is -36.7. The highest BCUT2D eigenvalue weighted by Crippen LogP contribution is 2.59. The molecule has 602 valence electrons. The average Bonchev–Trinajstić information content (AvgIpc) is 0.704. The predicted molar refractivity (Wildman–Crippen MR) is 376 cm³/mol. The molecule has 2 aliphatic carbocycles. The van der Waals surface area contributed by atoms with Crippen molar-refractivity contribution in [3.05, 3.63) is 323 Å². The third-order valence-electron chi connectivity index (χ3n) is 17.9. The second-order valence-electron chi connectivity index (χ2n) is 24.7. The van der Waals surface area contributed by atoms with Gasteiger partial charge >= 0.3 is 18.5 Å². The molecule has 2 fully saturated rings. The summed E-state index contributed by atoms with van der Waals surface area (Å²) in [5, 5.41) is 163. The summed E-state index contributed by atoms with van der Waals surface area (Å²) in [6.07, 6.45) is -19.7. The molecule has 1 atom stereocenters. The number of alkyl halides is 10. The molecule has 0 heterocycles. The Morgan fingerprint density at radius 3 is 0.452 bits per heavy atom. The minimum atomic E-state index is -5.77. The van der Waals surface area contributed by atoms with Crippen LogP contribution in [0.25, 0.3) is 44.6 Å². The summed E-state index contributed by atoms with van der Waals surface area (Å²) in [6.45, 7) is 0.648. The first kappa shape index (κ1) is 91.4. The molecule has 0 spiro atoms. The van der Waals surface area contributed by atoms with Crippen LogP contribution in [0.3, 0.4) is 0 Å². The average molecular weight is 1700 g/mol. The van der Waals surface area contributed by atoms with Crippen LogP contribution in [0.15, 0.2) is 142 Å². The highest BCUT2D eigenvalue weighted by Gasteiger charge is 2.48. The molecule has 2 aliphatic rings. The van der Waals surface area contributed by atoms with Crippen LogP contribution in [0.2, 0.25) is 0 Å². The van der Waals surface area contributed by atoms with Gasteiger partial charge in [-0.2, -0.15) is 124 Å². The number of hydrogen-bond donors (Lipinski definition) is 0. The quantitative estimate of drug-likeness (QED) is 0.0957. The van der Waals surface area contributed by atoms with Crippen LogP contribution < -0.4 is 0 Å². The maximum Gasteiger partial charge on any atom is 0.422 e. The Labute approximate surface area is 678 Å². The lowest BCUT2D eigenvalue weighted by molar-refractivity contribution is -0.143. The van der Waals surface area contributed by atoms with Gasteiger partial charge in [-0.15, -0.1) is 0 Å². The van der Waals surface area contributed by atoms with Crippen LogP contribution in [0.4, 0.5) is 101 Å². The molecule has 10 rings (SSSR count). The van der Waals surface area contributed by atoms with Gasteiger partial charge in [0.1, 0.15) is 167 Å². The van der Waals surface area contributed by atoms with Gasteiger partial charge in [0.05, 0.1) is 94.7 Å². The molecule has 0 amide bonds. The number of rotatable bonds is 9. The molecule has 0 saturated heterocycles. The molecule has 2 saturated carbocycles. The molecule has 39 heteroatoms. The Morgan fingerprint density at radius 1 is 0.226 bits per heavy atom. The maximum atomic E-state index is 15.2. The minimum Gasteiger partial charge on any atom is -0.269 e. The zero-order valence-electron chi connectivity index (χ0n) is 60.2. The number of nitriles is 16. The summed E-state index contributed by atoms with van der Waals surface area (Å²) < 4.78 is 317. The third kappa shape index (κ3) is 16.3. The zero-order valence-corrected chi connectivity index (χ0v) is 60.2. The highest BCUT2D eigenvalue weighted by molar-refractivity contribution is 6.14. The van der Waals surface area contributed by atoms with Gasteiger partial charge in [-0.3, -0.25) is 4.70 Å². The number of halogens is 23. The minimum absolute atomic E-state index is 0. The summed E-state index contributed by atoms with van der Waals surface area (Å²) in [7, 11) is 0. The lowest BCUT2D eigenvalue weighted by atomic mass is 9.64. The van der Waals surface area contributed by atoms with E-state index in [9.17, 15) is 128 Å². The van der Waals surface area contributed by atoms with Gasteiger partial charge in [0.25, 0.3) is 0 Å². The van der Waals surface area contributed by atoms with Gasteiger partial charge in [-0.05, 0) is 148 Å². The van der Waals surface area contributed by atoms with Crippen molar-refractivity contribution in [3.8, 4) is 97.1 Å². The van der Waals surface area contributed by atoms with Crippen LogP contribution in [0.5, 0.6) is 0 Å². The van der Waals surface area contributed by atoms with Gasteiger partial charge < -0.3 is 0 Å². The van der Waals surface area contributed by atoms with E-state index < -0.39 is 295 Å². The van der Waals surface area contributed by atoms with Crippen molar-refractivity contribution in [3.63, 3.8) is 0 Å². The zero-order chi connectivity index (χ0) is 91.4. The molecular formula is C85H21F23N16. The van der Waals surface area contributed by atoms with Crippen molar-refractivity contribution in [2.45, 2.75) is 31.6 Å². The molecule has 8 aromatic carbocycles. The van der Waals surface area contributed by atoms with Gasteiger partial charge in [0, 0.05) is 44.6 Å². The maximum absolute atomic E-state index is 15.2. The standard InChI is InChI=1S/C44H8F4N12.C41H12F18N4.FH/c45-41-25(9-49)1-21(2-26(41)10-50)33(17-57)37-38(34(18-58)22-3-27(11-51)42(46)28(4-22)12-52)40(36(20-60)24-7-31(15-55)44(48)32(8-24)16-56)39(37)35(19-59)23-5-29(13-53)43(47)30(6-23)14-54;1-14(42)31-23(43)2-15(3-24(31)44)19(10-60)32-33(20(11-61)16-4-25(45)36(26(46)5-16)39(51,52)53)35(22(13-63)18-8-29(49)38(30(50)9-18)41(57,58)59)34(32)21(12-62)17-6-27(47)37(28(48)7-17)40(54,55)56;/h1-8H;2-9,14H,1H3;1H/b;32-19?,33-20-,34-21+,35-22?;. The molecular weight excluding hydrogens is 1680 g/mol. The van der Waals surface area contributed by atoms with Gasteiger partial charge in [0.2, 0.25) is 0 Å². The Balaban J connectivity index is 0.000000305. The Morgan fingerprint density at radius 2 is 0.347 bits per heavy atom. The molecule has 0 bridgehead atoms. The second-order valence-corrected chi connectivity index (χ2v) is 24.7. The lowest BCUT2D eigenvalue weighted by Gasteiger charge is -2.35. The fourth-order valence-electron chi connectivity index (χ4n) is 12.8. The lowest BCUT2D eigenvalue weighted by Crippen LogP contribution is -2.22. The number of benzene rings is 8. The smallest absolute Gasteiger partial charge is 0.269 e. The van der Waals surface area contributed by atoms with E-state index in [4.69, 9.17) is 0 Å². The Kier molecular flexibility index (Phi) is 26.1. The van der Waals surface area contributed by atoms with Crippen molar-refractivity contribution in [1.82, 2.24) is 0 Å². The molecule has 124 heavy (non-hydrogen) atoms. The van der Waals surface area contributed by atoms with Crippen molar-refractivity contribution < 1.29 is 101 Å². The van der Waals surface area contributed by atoms with Gasteiger partial charge in [-0.25, -0.2) is 57.1 Å². The van der Waals surface area contributed by atoms with E-state index in [1.54, 1.807) is 0 Å². The van der Waals surface area contributed by atoms with E-state index in [2.05, 4.69) is 0 Å². The number of nitrogens with zero attached hydrogens (tertiary/aromatic N) is 16. The molecule has 0 aliphatic heterocycles. The van der Waals surface area contributed by atoms with E-state index in [1.165, 1.54) is 72.8 Å². The Bertz CT molecular complexity index is 6390. The molecule has 0 aromatic heterocycles. The third-order valence-corrected chi connectivity index (χ3v) is 17.9. The summed E-state index contributed by atoms with van der Waals surface area (Å²) in [4.78, 5) is 0. The molecule has 8 aromatic rings. The fourth-order valence-corrected chi connectivity index (χ4v) is 12.8. The normalized spacial score (nSPS) is 13.7. The molecule has 1 unspecified atom stereocenters. The van der Waals surface area contributed by atoms with E-state index in [-0.39, 0.29) is 53.2 Å². The van der Waals surface area contributed by atoms with E-state index >= 15 is 52.7 Å². The first-order valence-electron chi connectivity index (χ1n) is 32.6.